The van der Waals surface area contributed by atoms with Crippen molar-refractivity contribution in [2.24, 2.45) is 0 Å². The summed E-state index contributed by atoms with van der Waals surface area (Å²) in [6.45, 7) is 7.28. The third kappa shape index (κ3) is 2.67. The van der Waals surface area contributed by atoms with Crippen molar-refractivity contribution in [1.82, 2.24) is 4.98 Å². The van der Waals surface area contributed by atoms with Crippen LogP contribution in [0.5, 0.6) is 0 Å². The zero-order chi connectivity index (χ0) is 12.3. The lowest BCUT2D eigenvalue weighted by molar-refractivity contribution is 1.08. The smallest absolute Gasteiger partial charge is 0.0798 e. The van der Waals surface area contributed by atoms with Gasteiger partial charge in [-0.05, 0) is 31.4 Å². The molecule has 1 heterocycles. The van der Waals surface area contributed by atoms with E-state index in [1.165, 1.54) is 21.7 Å². The number of thiazole rings is 1. The number of nitrogens with zero attached hydrogens (tertiary/aromatic N) is 1. The predicted molar refractivity (Wildman–Crippen MR) is 74.7 cm³/mol. The summed E-state index contributed by atoms with van der Waals surface area (Å²) >= 11 is 1.71. The Kier molecular flexibility index (Phi) is 3.79. The normalized spacial score (nSPS) is 10.5. The molecule has 1 aromatic heterocycles. The zero-order valence-electron chi connectivity index (χ0n) is 10.6. The lowest BCUT2D eigenvalue weighted by atomic mass is 10.1. The summed E-state index contributed by atoms with van der Waals surface area (Å²) < 4.78 is 0. The quantitative estimate of drug-likeness (QED) is 0.884. The molecule has 0 amide bonds. The number of hydrogen-bond acceptors (Lipinski definition) is 3. The lowest BCUT2D eigenvalue weighted by Gasteiger charge is -2.13. The summed E-state index contributed by atoms with van der Waals surface area (Å²) in [5, 5.41) is 3.55. The minimum Gasteiger partial charge on any atom is -0.380 e. The molecule has 0 saturated carbocycles. The molecule has 0 fully saturated rings. The molecule has 1 N–H and O–H groups in total. The third-order valence-corrected chi connectivity index (χ3v) is 3.95. The van der Waals surface area contributed by atoms with Crippen LogP contribution in [0.1, 0.15) is 28.6 Å². The Morgan fingerprint density at radius 1 is 1.29 bits per heavy atom. The van der Waals surface area contributed by atoms with E-state index in [0.29, 0.717) is 0 Å². The van der Waals surface area contributed by atoms with Gasteiger partial charge in [-0.15, -0.1) is 11.3 Å². The average Bonchev–Trinajstić information content (AvgIpc) is 2.73. The number of anilines is 1. The van der Waals surface area contributed by atoms with E-state index in [0.717, 1.165) is 18.7 Å². The topological polar surface area (TPSA) is 24.9 Å². The summed E-state index contributed by atoms with van der Waals surface area (Å²) in [5.74, 6) is 0. The Morgan fingerprint density at radius 3 is 2.76 bits per heavy atom. The SMILES string of the molecule is CCc1cccc(C)c1NCc1scnc1C. The molecule has 0 unspecified atom stereocenters. The van der Waals surface area contributed by atoms with Gasteiger partial charge >= 0.3 is 0 Å². The fourth-order valence-corrected chi connectivity index (χ4v) is 2.66. The standard InChI is InChI=1S/C14H18N2S/c1-4-12-7-5-6-10(2)14(12)15-8-13-11(3)16-9-17-13/h5-7,9,15H,4,8H2,1-3H3. The maximum Gasteiger partial charge on any atom is 0.0798 e. The minimum atomic E-state index is 0.869. The van der Waals surface area contributed by atoms with Crippen LogP contribution < -0.4 is 5.32 Å². The minimum absolute atomic E-state index is 0.869. The number of aromatic nitrogens is 1. The van der Waals surface area contributed by atoms with Gasteiger partial charge in [-0.3, -0.25) is 0 Å². The van der Waals surface area contributed by atoms with Gasteiger partial charge in [-0.2, -0.15) is 0 Å². The molecule has 1 aromatic carbocycles. The van der Waals surface area contributed by atoms with Crippen LogP contribution in [0.3, 0.4) is 0 Å². The van der Waals surface area contributed by atoms with Crippen molar-refractivity contribution in [2.45, 2.75) is 33.7 Å². The van der Waals surface area contributed by atoms with Gasteiger partial charge in [0.1, 0.15) is 0 Å². The van der Waals surface area contributed by atoms with E-state index < -0.39 is 0 Å². The van der Waals surface area contributed by atoms with Gasteiger partial charge in [0.05, 0.1) is 17.7 Å². The van der Waals surface area contributed by atoms with E-state index in [4.69, 9.17) is 0 Å². The Hall–Kier alpha value is -1.35. The highest BCUT2D eigenvalue weighted by Crippen LogP contribution is 2.23. The van der Waals surface area contributed by atoms with Gasteiger partial charge in [-0.25, -0.2) is 4.98 Å². The number of hydrogen-bond donors (Lipinski definition) is 1. The van der Waals surface area contributed by atoms with Gasteiger partial charge in [-0.1, -0.05) is 25.1 Å². The molecule has 0 spiro atoms. The molecule has 0 radical (unpaired) electrons. The van der Waals surface area contributed by atoms with E-state index in [1.54, 1.807) is 11.3 Å². The van der Waals surface area contributed by atoms with Crippen LogP contribution in [0.2, 0.25) is 0 Å². The van der Waals surface area contributed by atoms with Gasteiger partial charge < -0.3 is 5.32 Å². The van der Waals surface area contributed by atoms with E-state index in [2.05, 4.69) is 49.3 Å². The molecule has 0 bridgehead atoms. The van der Waals surface area contributed by atoms with Crippen LogP contribution in [0, 0.1) is 13.8 Å². The average molecular weight is 246 g/mol. The summed E-state index contributed by atoms with van der Waals surface area (Å²) in [4.78, 5) is 5.59. The van der Waals surface area contributed by atoms with E-state index in [1.807, 2.05) is 5.51 Å². The van der Waals surface area contributed by atoms with Gasteiger partial charge in [0.15, 0.2) is 0 Å². The van der Waals surface area contributed by atoms with Crippen LogP contribution in [0.15, 0.2) is 23.7 Å². The maximum atomic E-state index is 4.27. The molecule has 0 aliphatic heterocycles. The molecular weight excluding hydrogens is 228 g/mol. The summed E-state index contributed by atoms with van der Waals surface area (Å²) in [6.07, 6.45) is 1.06. The first-order valence-electron chi connectivity index (χ1n) is 5.93. The molecule has 0 aliphatic rings. The molecule has 3 heteroatoms. The van der Waals surface area contributed by atoms with E-state index in [9.17, 15) is 0 Å². The highest BCUT2D eigenvalue weighted by atomic mass is 32.1. The Labute approximate surface area is 107 Å². The number of nitrogens with one attached hydrogen (secondary N) is 1. The number of benzene rings is 1. The number of para-hydroxylation sites is 1. The monoisotopic (exact) mass is 246 g/mol. The van der Waals surface area contributed by atoms with Crippen molar-refractivity contribution in [3.8, 4) is 0 Å². The Balaban J connectivity index is 2.16. The van der Waals surface area contributed by atoms with Crippen molar-refractivity contribution in [2.75, 3.05) is 5.32 Å². The molecule has 90 valence electrons. The second-order valence-electron chi connectivity index (χ2n) is 4.18. The highest BCUT2D eigenvalue weighted by molar-refractivity contribution is 7.09. The van der Waals surface area contributed by atoms with Gasteiger partial charge in [0.25, 0.3) is 0 Å². The summed E-state index contributed by atoms with van der Waals surface area (Å²) in [7, 11) is 0. The molecule has 2 nitrogen and oxygen atoms in total. The first kappa shape index (κ1) is 12.1. The summed E-state index contributed by atoms with van der Waals surface area (Å²) in [6, 6.07) is 6.47. The zero-order valence-corrected chi connectivity index (χ0v) is 11.4. The first-order valence-corrected chi connectivity index (χ1v) is 6.81. The van der Waals surface area contributed by atoms with Crippen molar-refractivity contribution < 1.29 is 0 Å². The molecule has 0 atom stereocenters. The van der Waals surface area contributed by atoms with Crippen LogP contribution in [-0.4, -0.2) is 4.98 Å². The molecular formula is C14H18N2S. The van der Waals surface area contributed by atoms with Crippen molar-refractivity contribution in [3.63, 3.8) is 0 Å². The Bertz CT molecular complexity index is 503. The van der Waals surface area contributed by atoms with Crippen LogP contribution in [0.4, 0.5) is 5.69 Å². The Morgan fingerprint density at radius 2 is 2.12 bits per heavy atom. The highest BCUT2D eigenvalue weighted by Gasteiger charge is 2.05. The number of rotatable bonds is 4. The third-order valence-electron chi connectivity index (χ3n) is 3.01. The van der Waals surface area contributed by atoms with Crippen molar-refractivity contribution in [1.29, 1.82) is 0 Å². The fourth-order valence-electron chi connectivity index (χ4n) is 1.94. The first-order chi connectivity index (χ1) is 8.22. The molecule has 17 heavy (non-hydrogen) atoms. The van der Waals surface area contributed by atoms with Crippen molar-refractivity contribution in [3.05, 3.63) is 45.4 Å². The van der Waals surface area contributed by atoms with Crippen molar-refractivity contribution >= 4 is 17.0 Å². The molecule has 2 rings (SSSR count). The second-order valence-corrected chi connectivity index (χ2v) is 5.12. The van der Waals surface area contributed by atoms with Crippen LogP contribution >= 0.6 is 11.3 Å². The molecule has 0 aliphatic carbocycles. The van der Waals surface area contributed by atoms with Gasteiger partial charge in [0, 0.05) is 10.6 Å². The van der Waals surface area contributed by atoms with Gasteiger partial charge in [0.2, 0.25) is 0 Å². The predicted octanol–water partition coefficient (Wildman–Crippen LogP) is 3.93. The fraction of sp³-hybridized carbons (Fsp3) is 0.357. The molecule has 2 aromatic rings. The second kappa shape index (κ2) is 5.32. The largest absolute Gasteiger partial charge is 0.380 e. The lowest BCUT2D eigenvalue weighted by Crippen LogP contribution is -2.03. The van der Waals surface area contributed by atoms with Crippen LogP contribution in [0.25, 0.3) is 0 Å². The summed E-state index contributed by atoms with van der Waals surface area (Å²) in [5.41, 5.74) is 7.01. The van der Waals surface area contributed by atoms with Crippen LogP contribution in [-0.2, 0) is 13.0 Å². The number of aryl methyl sites for hydroxylation is 3. The van der Waals surface area contributed by atoms with E-state index >= 15 is 0 Å². The molecule has 0 saturated heterocycles. The van der Waals surface area contributed by atoms with E-state index in [-0.39, 0.29) is 0 Å². The maximum absolute atomic E-state index is 4.27.